The summed E-state index contributed by atoms with van der Waals surface area (Å²) >= 11 is 0. The molecular formula is C24H21NO4. The van der Waals surface area contributed by atoms with Gasteiger partial charge in [0.05, 0.1) is 5.56 Å². The van der Waals surface area contributed by atoms with Crippen LogP contribution in [0.4, 0.5) is 0 Å². The van der Waals surface area contributed by atoms with Gasteiger partial charge in [-0.3, -0.25) is 4.79 Å². The van der Waals surface area contributed by atoms with E-state index in [1.54, 1.807) is 24.3 Å². The zero-order valence-electron chi connectivity index (χ0n) is 15.7. The molecule has 1 amide bonds. The van der Waals surface area contributed by atoms with Gasteiger partial charge in [-0.2, -0.15) is 0 Å². The Balaban J connectivity index is 1.48. The van der Waals surface area contributed by atoms with E-state index in [1.165, 1.54) is 12.1 Å². The molecule has 0 fully saturated rings. The number of benzene rings is 3. The molecule has 0 aromatic heterocycles. The van der Waals surface area contributed by atoms with Crippen molar-refractivity contribution in [2.45, 2.75) is 13.2 Å². The van der Waals surface area contributed by atoms with Gasteiger partial charge in [-0.15, -0.1) is 0 Å². The van der Waals surface area contributed by atoms with Gasteiger partial charge in [0.2, 0.25) is 5.91 Å². The minimum absolute atomic E-state index is 0.196. The third-order valence-electron chi connectivity index (χ3n) is 4.20. The molecule has 0 spiro atoms. The van der Waals surface area contributed by atoms with Crippen LogP contribution in [-0.2, 0) is 17.9 Å². The van der Waals surface area contributed by atoms with Crippen LogP contribution in [0.2, 0.25) is 0 Å². The van der Waals surface area contributed by atoms with E-state index in [0.29, 0.717) is 6.61 Å². The highest BCUT2D eigenvalue weighted by molar-refractivity contribution is 5.91. The summed E-state index contributed by atoms with van der Waals surface area (Å²) in [5.41, 5.74) is 2.90. The number of aromatic carboxylic acids is 1. The number of carboxylic acids is 1. The Bertz CT molecular complexity index is 995. The largest absolute Gasteiger partial charge is 0.489 e. The van der Waals surface area contributed by atoms with Crippen LogP contribution in [0.15, 0.2) is 84.9 Å². The lowest BCUT2D eigenvalue weighted by atomic mass is 10.1. The first-order valence-corrected chi connectivity index (χ1v) is 9.15. The van der Waals surface area contributed by atoms with E-state index in [4.69, 9.17) is 9.84 Å². The van der Waals surface area contributed by atoms with Crippen LogP contribution >= 0.6 is 0 Å². The highest BCUT2D eigenvalue weighted by Gasteiger charge is 2.04. The van der Waals surface area contributed by atoms with Gasteiger partial charge in [-0.05, 0) is 47.0 Å². The molecule has 0 bridgehead atoms. The third kappa shape index (κ3) is 6.36. The quantitative estimate of drug-likeness (QED) is 0.565. The van der Waals surface area contributed by atoms with Crippen LogP contribution < -0.4 is 10.1 Å². The van der Waals surface area contributed by atoms with Gasteiger partial charge in [0.1, 0.15) is 12.4 Å². The second-order valence-corrected chi connectivity index (χ2v) is 6.40. The van der Waals surface area contributed by atoms with Crippen molar-refractivity contribution >= 4 is 18.0 Å². The molecule has 0 aliphatic rings. The molecule has 3 aromatic rings. The SMILES string of the molecule is O=C(/C=C/c1ccc(OCc2ccccc2)cc1)NCc1cccc(C(=O)O)c1. The highest BCUT2D eigenvalue weighted by Crippen LogP contribution is 2.15. The number of rotatable bonds is 8. The van der Waals surface area contributed by atoms with Crippen LogP contribution in [0.1, 0.15) is 27.0 Å². The number of carbonyl (C=O) groups is 2. The van der Waals surface area contributed by atoms with Gasteiger partial charge in [-0.1, -0.05) is 54.6 Å². The first-order chi connectivity index (χ1) is 14.1. The van der Waals surface area contributed by atoms with Crippen molar-refractivity contribution < 1.29 is 19.4 Å². The molecular weight excluding hydrogens is 366 g/mol. The Kier molecular flexibility index (Phi) is 6.79. The number of carbonyl (C=O) groups excluding carboxylic acids is 1. The van der Waals surface area contributed by atoms with Gasteiger partial charge in [0.15, 0.2) is 0 Å². The maximum Gasteiger partial charge on any atom is 0.335 e. The van der Waals surface area contributed by atoms with Crippen LogP contribution in [0.5, 0.6) is 5.75 Å². The molecule has 0 radical (unpaired) electrons. The molecule has 146 valence electrons. The minimum Gasteiger partial charge on any atom is -0.489 e. The molecule has 0 atom stereocenters. The van der Waals surface area contributed by atoms with E-state index in [1.807, 2.05) is 54.6 Å². The zero-order chi connectivity index (χ0) is 20.5. The summed E-state index contributed by atoms with van der Waals surface area (Å²) in [5, 5.41) is 11.7. The average Bonchev–Trinajstić information content (AvgIpc) is 2.76. The van der Waals surface area contributed by atoms with Crippen molar-refractivity contribution in [2.24, 2.45) is 0 Å². The molecule has 0 heterocycles. The Morgan fingerprint density at radius 3 is 2.34 bits per heavy atom. The summed E-state index contributed by atoms with van der Waals surface area (Å²) in [6.07, 6.45) is 3.16. The number of hydrogen-bond donors (Lipinski definition) is 2. The predicted octanol–water partition coefficient (Wildman–Crippen LogP) is 4.29. The fraction of sp³-hybridized carbons (Fsp3) is 0.0833. The Labute approximate surface area is 169 Å². The summed E-state index contributed by atoms with van der Waals surface area (Å²) in [4.78, 5) is 23.0. The number of carboxylic acid groups (broad SMARTS) is 1. The van der Waals surface area contributed by atoms with E-state index in [0.717, 1.165) is 22.4 Å². The number of nitrogens with one attached hydrogen (secondary N) is 1. The number of ether oxygens (including phenoxy) is 1. The van der Waals surface area contributed by atoms with E-state index < -0.39 is 5.97 Å². The first kappa shape index (κ1) is 19.9. The van der Waals surface area contributed by atoms with E-state index >= 15 is 0 Å². The van der Waals surface area contributed by atoms with Crippen molar-refractivity contribution in [3.05, 3.63) is 107 Å². The Hall–Kier alpha value is -3.86. The minimum atomic E-state index is -0.991. The molecule has 0 unspecified atom stereocenters. The van der Waals surface area contributed by atoms with Crippen LogP contribution in [0.3, 0.4) is 0 Å². The van der Waals surface area contributed by atoms with Crippen molar-refractivity contribution in [1.82, 2.24) is 5.32 Å². The topological polar surface area (TPSA) is 75.6 Å². The lowest BCUT2D eigenvalue weighted by Gasteiger charge is -2.06. The van der Waals surface area contributed by atoms with Gasteiger partial charge in [-0.25, -0.2) is 4.79 Å². The van der Waals surface area contributed by atoms with Gasteiger partial charge >= 0.3 is 5.97 Å². The number of hydrogen-bond acceptors (Lipinski definition) is 3. The maximum absolute atomic E-state index is 12.0. The molecule has 29 heavy (non-hydrogen) atoms. The molecule has 0 saturated heterocycles. The molecule has 5 heteroatoms. The lowest BCUT2D eigenvalue weighted by molar-refractivity contribution is -0.116. The third-order valence-corrected chi connectivity index (χ3v) is 4.20. The van der Waals surface area contributed by atoms with Gasteiger partial charge in [0.25, 0.3) is 0 Å². The standard InChI is InChI=1S/C24H21NO4/c26-23(25-16-20-7-4-8-21(15-20)24(27)28)14-11-18-9-12-22(13-10-18)29-17-19-5-2-1-3-6-19/h1-15H,16-17H2,(H,25,26)(H,27,28)/b14-11+. The summed E-state index contributed by atoms with van der Waals surface area (Å²) in [7, 11) is 0. The summed E-state index contributed by atoms with van der Waals surface area (Å²) in [5.74, 6) is -0.488. The molecule has 3 aromatic carbocycles. The van der Waals surface area contributed by atoms with Crippen LogP contribution in [0.25, 0.3) is 6.08 Å². The van der Waals surface area contributed by atoms with E-state index in [2.05, 4.69) is 5.32 Å². The lowest BCUT2D eigenvalue weighted by Crippen LogP contribution is -2.20. The molecule has 3 rings (SSSR count). The molecule has 0 aliphatic carbocycles. The fourth-order valence-electron chi connectivity index (χ4n) is 2.65. The molecule has 5 nitrogen and oxygen atoms in total. The monoisotopic (exact) mass is 387 g/mol. The van der Waals surface area contributed by atoms with Crippen molar-refractivity contribution in [2.75, 3.05) is 0 Å². The first-order valence-electron chi connectivity index (χ1n) is 9.15. The molecule has 0 aliphatic heterocycles. The number of amides is 1. The Morgan fingerprint density at radius 1 is 0.897 bits per heavy atom. The molecule has 0 saturated carbocycles. The maximum atomic E-state index is 12.0. The normalized spacial score (nSPS) is 10.6. The van der Waals surface area contributed by atoms with E-state index in [9.17, 15) is 9.59 Å². The van der Waals surface area contributed by atoms with Crippen molar-refractivity contribution in [3.8, 4) is 5.75 Å². The zero-order valence-corrected chi connectivity index (χ0v) is 15.7. The highest BCUT2D eigenvalue weighted by atomic mass is 16.5. The predicted molar refractivity (Wildman–Crippen MR) is 111 cm³/mol. The van der Waals surface area contributed by atoms with Gasteiger partial charge < -0.3 is 15.2 Å². The summed E-state index contributed by atoms with van der Waals surface area (Å²) < 4.78 is 5.74. The van der Waals surface area contributed by atoms with Crippen molar-refractivity contribution in [1.29, 1.82) is 0 Å². The van der Waals surface area contributed by atoms with Gasteiger partial charge in [0, 0.05) is 12.6 Å². The second kappa shape index (κ2) is 9.90. The Morgan fingerprint density at radius 2 is 1.62 bits per heavy atom. The van der Waals surface area contributed by atoms with E-state index in [-0.39, 0.29) is 18.0 Å². The van der Waals surface area contributed by atoms with Crippen LogP contribution in [-0.4, -0.2) is 17.0 Å². The van der Waals surface area contributed by atoms with Crippen LogP contribution in [0, 0.1) is 0 Å². The summed E-state index contributed by atoms with van der Waals surface area (Å²) in [6.45, 7) is 0.762. The second-order valence-electron chi connectivity index (χ2n) is 6.40. The van der Waals surface area contributed by atoms with Crippen molar-refractivity contribution in [3.63, 3.8) is 0 Å². The fourth-order valence-corrected chi connectivity index (χ4v) is 2.65. The summed E-state index contributed by atoms with van der Waals surface area (Å²) in [6, 6.07) is 23.9. The smallest absolute Gasteiger partial charge is 0.335 e. The molecule has 2 N–H and O–H groups in total. The average molecular weight is 387 g/mol.